The molecule has 6 heteroatoms. The molecule has 0 bridgehead atoms. The summed E-state index contributed by atoms with van der Waals surface area (Å²) in [5.41, 5.74) is 0. The average Bonchev–Trinajstić information content (AvgIpc) is 2.88. The van der Waals surface area contributed by atoms with Gasteiger partial charge in [0.2, 0.25) is 5.91 Å². The van der Waals surface area contributed by atoms with Gasteiger partial charge in [-0.05, 0) is 20.5 Å². The van der Waals surface area contributed by atoms with Gasteiger partial charge < -0.3 is 19.3 Å². The van der Waals surface area contributed by atoms with Gasteiger partial charge in [-0.25, -0.2) is 4.98 Å². The van der Waals surface area contributed by atoms with Gasteiger partial charge in [-0.2, -0.15) is 0 Å². The van der Waals surface area contributed by atoms with Gasteiger partial charge in [0.25, 0.3) is 0 Å². The monoisotopic (exact) mass is 307 g/mol. The van der Waals surface area contributed by atoms with Crippen molar-refractivity contribution in [2.24, 2.45) is 7.05 Å². The summed E-state index contributed by atoms with van der Waals surface area (Å²) in [5.74, 6) is 1.32. The standard InChI is InChI=1S/C16H29N5O/c1-18-10-11-19(2)14(13-18)12-16(22)21(4)8-5-6-15-17-7-9-20(15)3/h7,9,14H,5-6,8,10-13H2,1-4H3. The minimum absolute atomic E-state index is 0.243. The molecule has 0 saturated carbocycles. The number of aryl methyl sites for hydroxylation is 2. The van der Waals surface area contributed by atoms with Crippen LogP contribution in [0.3, 0.4) is 0 Å². The maximum absolute atomic E-state index is 12.4. The first-order valence-corrected chi connectivity index (χ1v) is 8.06. The second kappa shape index (κ2) is 7.74. The fourth-order valence-corrected chi connectivity index (χ4v) is 2.92. The van der Waals surface area contributed by atoms with Crippen LogP contribution in [-0.4, -0.2) is 83.5 Å². The number of rotatable bonds is 6. The lowest BCUT2D eigenvalue weighted by molar-refractivity contribution is -0.131. The Morgan fingerprint density at radius 2 is 2.14 bits per heavy atom. The van der Waals surface area contributed by atoms with Crippen molar-refractivity contribution < 1.29 is 4.79 Å². The molecule has 2 rings (SSSR count). The minimum Gasteiger partial charge on any atom is -0.346 e. The van der Waals surface area contributed by atoms with E-state index in [1.54, 1.807) is 0 Å². The summed E-state index contributed by atoms with van der Waals surface area (Å²) in [6.45, 7) is 3.89. The molecule has 6 nitrogen and oxygen atoms in total. The van der Waals surface area contributed by atoms with Crippen LogP contribution in [0.2, 0.25) is 0 Å². The zero-order valence-electron chi connectivity index (χ0n) is 14.3. The van der Waals surface area contributed by atoms with Gasteiger partial charge in [-0.1, -0.05) is 0 Å². The van der Waals surface area contributed by atoms with Crippen LogP contribution in [0.4, 0.5) is 0 Å². The highest BCUT2D eigenvalue weighted by molar-refractivity contribution is 5.76. The lowest BCUT2D eigenvalue weighted by atomic mass is 10.1. The van der Waals surface area contributed by atoms with Gasteiger partial charge >= 0.3 is 0 Å². The van der Waals surface area contributed by atoms with E-state index in [0.717, 1.165) is 44.8 Å². The number of nitrogens with zero attached hydrogens (tertiary/aromatic N) is 5. The number of aromatic nitrogens is 2. The molecule has 0 aliphatic carbocycles. The Balaban J connectivity index is 1.73. The van der Waals surface area contributed by atoms with E-state index in [2.05, 4.69) is 28.9 Å². The van der Waals surface area contributed by atoms with Crippen molar-refractivity contribution in [1.82, 2.24) is 24.3 Å². The number of likely N-dealkylation sites (N-methyl/N-ethyl adjacent to an activating group) is 2. The maximum Gasteiger partial charge on any atom is 0.223 e. The van der Waals surface area contributed by atoms with Crippen molar-refractivity contribution in [2.75, 3.05) is 47.3 Å². The molecule has 1 saturated heterocycles. The molecule has 0 spiro atoms. The Labute approximate surface area is 133 Å². The summed E-state index contributed by atoms with van der Waals surface area (Å²) in [4.78, 5) is 23.2. The molecule has 2 heterocycles. The number of hydrogen-bond donors (Lipinski definition) is 0. The molecule has 1 fully saturated rings. The van der Waals surface area contributed by atoms with Crippen LogP contribution in [0.15, 0.2) is 12.4 Å². The Hall–Kier alpha value is -1.40. The van der Waals surface area contributed by atoms with Gasteiger partial charge in [0, 0.05) is 71.6 Å². The van der Waals surface area contributed by atoms with Crippen LogP contribution in [-0.2, 0) is 18.3 Å². The molecule has 0 aromatic carbocycles. The molecule has 1 aromatic heterocycles. The number of imidazole rings is 1. The highest BCUT2D eigenvalue weighted by Gasteiger charge is 2.25. The Morgan fingerprint density at radius 3 is 2.82 bits per heavy atom. The van der Waals surface area contributed by atoms with E-state index in [1.807, 2.05) is 36.0 Å². The normalized spacial score (nSPS) is 20.3. The number of piperazine rings is 1. The van der Waals surface area contributed by atoms with Crippen molar-refractivity contribution in [1.29, 1.82) is 0 Å². The third-order valence-electron chi connectivity index (χ3n) is 4.63. The highest BCUT2D eigenvalue weighted by Crippen LogP contribution is 2.11. The number of amides is 1. The average molecular weight is 307 g/mol. The van der Waals surface area contributed by atoms with Crippen molar-refractivity contribution in [3.63, 3.8) is 0 Å². The first kappa shape index (κ1) is 17.0. The number of carbonyl (C=O) groups is 1. The molecule has 1 aliphatic rings. The first-order chi connectivity index (χ1) is 10.5. The van der Waals surface area contributed by atoms with Crippen molar-refractivity contribution in [3.8, 4) is 0 Å². The first-order valence-electron chi connectivity index (χ1n) is 8.06. The third-order valence-corrected chi connectivity index (χ3v) is 4.63. The molecule has 1 aromatic rings. The summed E-state index contributed by atoms with van der Waals surface area (Å²) in [7, 11) is 8.16. The van der Waals surface area contributed by atoms with Crippen LogP contribution >= 0.6 is 0 Å². The summed E-state index contributed by atoms with van der Waals surface area (Å²) in [6, 6.07) is 0.336. The lowest BCUT2D eigenvalue weighted by Gasteiger charge is -2.38. The van der Waals surface area contributed by atoms with Crippen LogP contribution in [0.5, 0.6) is 0 Å². The van der Waals surface area contributed by atoms with Gasteiger partial charge in [0.1, 0.15) is 5.82 Å². The third kappa shape index (κ3) is 4.55. The van der Waals surface area contributed by atoms with Crippen molar-refractivity contribution in [2.45, 2.75) is 25.3 Å². The smallest absolute Gasteiger partial charge is 0.223 e. The van der Waals surface area contributed by atoms with E-state index in [1.165, 1.54) is 0 Å². The molecule has 1 unspecified atom stereocenters. The van der Waals surface area contributed by atoms with Gasteiger partial charge in [-0.15, -0.1) is 0 Å². The van der Waals surface area contributed by atoms with E-state index < -0.39 is 0 Å². The summed E-state index contributed by atoms with van der Waals surface area (Å²) >= 11 is 0. The molecule has 1 aliphatic heterocycles. The topological polar surface area (TPSA) is 44.6 Å². The second-order valence-electron chi connectivity index (χ2n) is 6.47. The van der Waals surface area contributed by atoms with Crippen LogP contribution in [0.25, 0.3) is 0 Å². The zero-order chi connectivity index (χ0) is 16.1. The Kier molecular flexibility index (Phi) is 5.97. The Morgan fingerprint density at radius 1 is 1.36 bits per heavy atom. The van der Waals surface area contributed by atoms with E-state index in [-0.39, 0.29) is 5.91 Å². The fraction of sp³-hybridized carbons (Fsp3) is 0.750. The summed E-state index contributed by atoms with van der Waals surface area (Å²) in [5, 5.41) is 0. The molecule has 1 atom stereocenters. The minimum atomic E-state index is 0.243. The molecule has 0 radical (unpaired) electrons. The van der Waals surface area contributed by atoms with Gasteiger partial charge in [0.15, 0.2) is 0 Å². The van der Waals surface area contributed by atoms with Crippen LogP contribution < -0.4 is 0 Å². The quantitative estimate of drug-likeness (QED) is 0.765. The van der Waals surface area contributed by atoms with E-state index in [4.69, 9.17) is 0 Å². The van der Waals surface area contributed by atoms with Crippen LogP contribution in [0, 0.1) is 0 Å². The maximum atomic E-state index is 12.4. The molecular weight excluding hydrogens is 278 g/mol. The summed E-state index contributed by atoms with van der Waals surface area (Å²) in [6.07, 6.45) is 6.25. The molecule has 124 valence electrons. The largest absolute Gasteiger partial charge is 0.346 e. The summed E-state index contributed by atoms with van der Waals surface area (Å²) < 4.78 is 2.04. The van der Waals surface area contributed by atoms with Crippen LogP contribution in [0.1, 0.15) is 18.7 Å². The van der Waals surface area contributed by atoms with E-state index in [0.29, 0.717) is 12.5 Å². The Bertz CT molecular complexity index is 487. The fourth-order valence-electron chi connectivity index (χ4n) is 2.92. The molecule has 0 N–H and O–H groups in total. The van der Waals surface area contributed by atoms with Crippen molar-refractivity contribution >= 4 is 5.91 Å². The molecule has 1 amide bonds. The van der Waals surface area contributed by atoms with Gasteiger partial charge in [0.05, 0.1) is 0 Å². The van der Waals surface area contributed by atoms with Crippen molar-refractivity contribution in [3.05, 3.63) is 18.2 Å². The molecule has 22 heavy (non-hydrogen) atoms. The molecular formula is C16H29N5O. The van der Waals surface area contributed by atoms with Gasteiger partial charge in [-0.3, -0.25) is 4.79 Å². The lowest BCUT2D eigenvalue weighted by Crippen LogP contribution is -2.51. The predicted octanol–water partition coefficient (Wildman–Crippen LogP) is 0.447. The number of hydrogen-bond acceptors (Lipinski definition) is 4. The van der Waals surface area contributed by atoms with E-state index in [9.17, 15) is 4.79 Å². The SMILES string of the molecule is CN1CCN(C)C(CC(=O)N(C)CCCc2nccn2C)C1. The predicted molar refractivity (Wildman–Crippen MR) is 87.7 cm³/mol. The second-order valence-corrected chi connectivity index (χ2v) is 6.47. The van der Waals surface area contributed by atoms with E-state index >= 15 is 0 Å². The number of carbonyl (C=O) groups excluding carboxylic acids is 1. The zero-order valence-corrected chi connectivity index (χ0v) is 14.3. The highest BCUT2D eigenvalue weighted by atomic mass is 16.2.